The van der Waals surface area contributed by atoms with E-state index < -0.39 is 10.0 Å². The smallest absolute Gasteiger partial charge is 0.242 e. The largest absolute Gasteiger partial charge is 0.394 e. The van der Waals surface area contributed by atoms with Crippen LogP contribution in [-0.2, 0) is 25.6 Å². The number of ether oxygens (including phenoxy) is 1. The molecule has 0 aromatic carbocycles. The molecule has 2 aliphatic heterocycles. The topological polar surface area (TPSA) is 135 Å². The molecule has 8 bridgehead atoms. The van der Waals surface area contributed by atoms with Crippen molar-refractivity contribution in [2.45, 2.75) is 84.1 Å². The molecule has 5 N–H and O–H groups in total. The lowest BCUT2D eigenvalue weighted by Gasteiger charge is -2.23. The molecular weight excluding hydrogens is 598 g/mol. The summed E-state index contributed by atoms with van der Waals surface area (Å²) < 4.78 is 35.2. The Balaban J connectivity index is 1.70. The van der Waals surface area contributed by atoms with Gasteiger partial charge in [0.1, 0.15) is 4.90 Å². The highest BCUT2D eigenvalue weighted by Crippen LogP contribution is 2.38. The number of aromatic amines is 3. The van der Waals surface area contributed by atoms with Crippen LogP contribution in [0.4, 0.5) is 0 Å². The number of rotatable bonds is 7. The highest BCUT2D eigenvalue weighted by Gasteiger charge is 2.31. The van der Waals surface area contributed by atoms with Crippen molar-refractivity contribution in [2.75, 3.05) is 26.4 Å². The molecule has 0 spiro atoms. The number of aromatic nitrogens is 3. The van der Waals surface area contributed by atoms with Gasteiger partial charge >= 0.3 is 0 Å². The zero-order valence-corrected chi connectivity index (χ0v) is 29.4. The van der Waals surface area contributed by atoms with Gasteiger partial charge in [-0.3, -0.25) is 4.99 Å². The molecule has 0 radical (unpaired) electrons. The SMILES string of the molecule is CC(C)(C)C1=CC2=NC1C=Cc1[nH]c(cc1S(=O)(=O)NCCOCCO)-c1cc(C(C)(C)C)c([nH]1)C=Cc1[nH]c2cc1C(C)(C)C. The first-order valence-electron chi connectivity index (χ1n) is 15.9. The van der Waals surface area contributed by atoms with Gasteiger partial charge in [0.2, 0.25) is 10.0 Å². The van der Waals surface area contributed by atoms with E-state index >= 15 is 0 Å². The number of fused-ring (bicyclic) bond motifs is 9. The van der Waals surface area contributed by atoms with Gasteiger partial charge in [-0.25, -0.2) is 13.1 Å². The average molecular weight is 648 g/mol. The Bertz CT molecular complexity index is 1830. The van der Waals surface area contributed by atoms with E-state index in [1.54, 1.807) is 6.07 Å². The van der Waals surface area contributed by atoms with E-state index in [4.69, 9.17) is 14.8 Å². The first-order valence-corrected chi connectivity index (χ1v) is 17.4. The van der Waals surface area contributed by atoms with Crippen molar-refractivity contribution in [3.05, 3.63) is 69.8 Å². The second-order valence-electron chi connectivity index (χ2n) is 15.2. The molecule has 3 aromatic rings. The van der Waals surface area contributed by atoms with E-state index in [1.807, 2.05) is 12.2 Å². The minimum Gasteiger partial charge on any atom is -0.394 e. The predicted molar refractivity (Wildman–Crippen MR) is 188 cm³/mol. The summed E-state index contributed by atoms with van der Waals surface area (Å²) in [5.41, 5.74) is 8.75. The van der Waals surface area contributed by atoms with Crippen LogP contribution in [0.25, 0.3) is 29.6 Å². The molecule has 46 heavy (non-hydrogen) atoms. The van der Waals surface area contributed by atoms with Crippen LogP contribution < -0.4 is 4.72 Å². The van der Waals surface area contributed by atoms with E-state index in [0.717, 1.165) is 39.6 Å². The summed E-state index contributed by atoms with van der Waals surface area (Å²) in [5, 5.41) is 8.98. The number of nitrogens with zero attached hydrogens (tertiary/aromatic N) is 1. The monoisotopic (exact) mass is 647 g/mol. The molecule has 0 amide bonds. The fraction of sp³-hybridized carbons (Fsp3) is 0.472. The van der Waals surface area contributed by atoms with Gasteiger partial charge in [0.05, 0.1) is 54.3 Å². The van der Waals surface area contributed by atoms with Crippen LogP contribution in [0.3, 0.4) is 0 Å². The van der Waals surface area contributed by atoms with Crippen molar-refractivity contribution in [3.63, 3.8) is 0 Å². The second-order valence-corrected chi connectivity index (χ2v) is 17.0. The maximum Gasteiger partial charge on any atom is 0.242 e. The first-order chi connectivity index (χ1) is 21.4. The molecule has 0 aliphatic carbocycles. The van der Waals surface area contributed by atoms with Crippen molar-refractivity contribution in [3.8, 4) is 11.4 Å². The fourth-order valence-corrected chi connectivity index (χ4v) is 7.15. The third-order valence-corrected chi connectivity index (χ3v) is 9.87. The molecular formula is C36H49N5O4S. The van der Waals surface area contributed by atoms with Gasteiger partial charge in [0.25, 0.3) is 0 Å². The van der Waals surface area contributed by atoms with E-state index in [-0.39, 0.29) is 53.5 Å². The standard InChI is InChI=1S/C36H49N5O4S/c1-34(2,3)22-18-29-30-19-23(35(4,5)6)27(39-30)12-13-28-33(46(43,44)37-14-16-45-17-15-42)21-32(41-28)31-20-24(36(7,8)9)26(40-31)11-10-25(22)38-29/h10-13,18-21,27,37-38,40-42H,14-17H2,1-9H3. The average Bonchev–Trinajstić information content (AvgIpc) is 3.72. The summed E-state index contributed by atoms with van der Waals surface area (Å²) in [7, 11) is -3.91. The van der Waals surface area contributed by atoms with Crippen molar-refractivity contribution < 1.29 is 18.3 Å². The van der Waals surface area contributed by atoms with E-state index in [9.17, 15) is 8.42 Å². The summed E-state index contributed by atoms with van der Waals surface area (Å²) in [5.74, 6) is 0. The molecule has 10 heteroatoms. The summed E-state index contributed by atoms with van der Waals surface area (Å²) >= 11 is 0. The van der Waals surface area contributed by atoms with E-state index in [0.29, 0.717) is 11.4 Å². The van der Waals surface area contributed by atoms with Gasteiger partial charge in [-0.15, -0.1) is 0 Å². The Kier molecular flexibility index (Phi) is 9.07. The molecule has 9 nitrogen and oxygen atoms in total. The zero-order valence-electron chi connectivity index (χ0n) is 28.6. The zero-order chi connectivity index (χ0) is 33.7. The number of sulfonamides is 1. The Hall–Kier alpha value is -3.44. The normalized spacial score (nSPS) is 17.0. The van der Waals surface area contributed by atoms with Gasteiger partial charge < -0.3 is 24.8 Å². The molecule has 0 saturated carbocycles. The summed E-state index contributed by atoms with van der Waals surface area (Å²) in [6, 6.07) is 5.72. The molecule has 1 unspecified atom stereocenters. The number of aliphatic hydroxyl groups excluding tert-OH is 1. The fourth-order valence-electron chi connectivity index (χ4n) is 5.96. The van der Waals surface area contributed by atoms with Crippen LogP contribution in [0.2, 0.25) is 0 Å². The van der Waals surface area contributed by atoms with E-state index in [1.165, 1.54) is 5.56 Å². The second kappa shape index (κ2) is 12.3. The molecule has 1 atom stereocenters. The van der Waals surface area contributed by atoms with Gasteiger partial charge in [-0.2, -0.15) is 0 Å². The molecule has 0 fully saturated rings. The summed E-state index contributed by atoms with van der Waals surface area (Å²) in [4.78, 5) is 15.9. The van der Waals surface area contributed by atoms with Crippen LogP contribution in [0.1, 0.15) is 96.2 Å². The number of hydrogen-bond acceptors (Lipinski definition) is 5. The summed E-state index contributed by atoms with van der Waals surface area (Å²) in [6.45, 7) is 19.9. The highest BCUT2D eigenvalue weighted by atomic mass is 32.2. The Labute approximate surface area is 273 Å². The van der Waals surface area contributed by atoms with Crippen LogP contribution >= 0.6 is 0 Å². The Morgan fingerprint density at radius 3 is 1.93 bits per heavy atom. The van der Waals surface area contributed by atoms with Crippen molar-refractivity contribution in [1.82, 2.24) is 19.7 Å². The molecule has 248 valence electrons. The van der Waals surface area contributed by atoms with Crippen LogP contribution in [0, 0.1) is 5.41 Å². The predicted octanol–water partition coefficient (Wildman–Crippen LogP) is 6.56. The van der Waals surface area contributed by atoms with Crippen LogP contribution in [0.15, 0.2) is 45.8 Å². The van der Waals surface area contributed by atoms with Gasteiger partial charge in [0, 0.05) is 17.9 Å². The van der Waals surface area contributed by atoms with Crippen molar-refractivity contribution in [2.24, 2.45) is 10.4 Å². The minimum atomic E-state index is -3.91. The number of allylic oxidation sites excluding steroid dienone is 1. The lowest BCUT2D eigenvalue weighted by molar-refractivity contribution is 0.0961. The van der Waals surface area contributed by atoms with Crippen molar-refractivity contribution >= 4 is 34.0 Å². The van der Waals surface area contributed by atoms with Gasteiger partial charge in [0.15, 0.2) is 0 Å². The molecule has 0 saturated heterocycles. The van der Waals surface area contributed by atoms with Crippen LogP contribution in [0.5, 0.6) is 0 Å². The molecule has 2 aliphatic rings. The van der Waals surface area contributed by atoms with E-state index in [2.05, 4.69) is 112 Å². The third kappa shape index (κ3) is 7.10. The van der Waals surface area contributed by atoms with Crippen molar-refractivity contribution in [1.29, 1.82) is 0 Å². The summed E-state index contributed by atoms with van der Waals surface area (Å²) in [6.07, 6.45) is 10.2. The Morgan fingerprint density at radius 1 is 0.783 bits per heavy atom. The molecule has 3 aromatic heterocycles. The number of aliphatic imine (C=N–C) groups is 1. The number of hydrogen-bond donors (Lipinski definition) is 5. The highest BCUT2D eigenvalue weighted by molar-refractivity contribution is 7.89. The molecule has 5 heterocycles. The number of aliphatic hydroxyl groups is 1. The quantitative estimate of drug-likeness (QED) is 0.186. The Morgan fingerprint density at radius 2 is 1.35 bits per heavy atom. The minimum absolute atomic E-state index is 0.0827. The molecule has 5 rings (SSSR count). The third-order valence-electron chi connectivity index (χ3n) is 8.37. The maximum atomic E-state index is 13.6. The lowest BCUT2D eigenvalue weighted by Crippen LogP contribution is -2.28. The van der Waals surface area contributed by atoms with Gasteiger partial charge in [-0.05, 0) is 75.4 Å². The number of H-pyrrole nitrogens is 3. The lowest BCUT2D eigenvalue weighted by atomic mass is 9.82. The number of nitrogens with one attached hydrogen (secondary N) is 4. The van der Waals surface area contributed by atoms with Crippen LogP contribution in [-0.4, -0.2) is 66.6 Å². The van der Waals surface area contributed by atoms with Gasteiger partial charge in [-0.1, -0.05) is 68.4 Å². The first kappa shape index (κ1) is 33.9. The maximum absolute atomic E-state index is 13.6.